The van der Waals surface area contributed by atoms with Crippen molar-refractivity contribution in [2.75, 3.05) is 0 Å². The molecule has 0 radical (unpaired) electrons. The quantitative estimate of drug-likeness (QED) is 0.457. The van der Waals surface area contributed by atoms with Gasteiger partial charge in [0.2, 0.25) is 0 Å². The Morgan fingerprint density at radius 3 is 2.17 bits per heavy atom. The molecule has 0 aromatic heterocycles. The second kappa shape index (κ2) is 9.19. The third-order valence-corrected chi connectivity index (χ3v) is 4.18. The fourth-order valence-electron chi connectivity index (χ4n) is 2.73. The van der Waals surface area contributed by atoms with Gasteiger partial charge < -0.3 is 0 Å². The minimum Gasteiger partial charge on any atom is -0.0654 e. The molecule has 0 heteroatoms. The van der Waals surface area contributed by atoms with Crippen LogP contribution in [0.15, 0.2) is 30.3 Å². The van der Waals surface area contributed by atoms with Crippen molar-refractivity contribution >= 4 is 0 Å². The van der Waals surface area contributed by atoms with Gasteiger partial charge in [0.25, 0.3) is 0 Å². The molecule has 0 aliphatic rings. The minimum absolute atomic E-state index is 0.762. The summed E-state index contributed by atoms with van der Waals surface area (Å²) in [7, 11) is 0. The van der Waals surface area contributed by atoms with E-state index >= 15 is 0 Å². The molecule has 0 heterocycles. The van der Waals surface area contributed by atoms with E-state index in [-0.39, 0.29) is 0 Å². The van der Waals surface area contributed by atoms with Gasteiger partial charge in [0.05, 0.1) is 0 Å². The van der Waals surface area contributed by atoms with Crippen molar-refractivity contribution in [3.05, 3.63) is 35.9 Å². The Bertz CT molecular complexity index is 288. The van der Waals surface area contributed by atoms with Crippen molar-refractivity contribution in [2.45, 2.75) is 71.6 Å². The van der Waals surface area contributed by atoms with Crippen molar-refractivity contribution in [1.29, 1.82) is 0 Å². The highest BCUT2D eigenvalue weighted by molar-refractivity contribution is 5.20. The molecular weight excluding hydrogens is 216 g/mol. The monoisotopic (exact) mass is 246 g/mol. The van der Waals surface area contributed by atoms with E-state index in [1.165, 1.54) is 44.9 Å². The maximum atomic E-state index is 2.41. The van der Waals surface area contributed by atoms with E-state index in [1.807, 2.05) is 0 Å². The van der Waals surface area contributed by atoms with Crippen LogP contribution in [-0.4, -0.2) is 0 Å². The molecule has 0 amide bonds. The molecule has 1 aromatic rings. The Kier molecular flexibility index (Phi) is 7.80. The van der Waals surface area contributed by atoms with Crippen LogP contribution in [0.5, 0.6) is 0 Å². The fraction of sp³-hybridized carbons (Fsp3) is 0.667. The molecule has 0 saturated heterocycles. The summed E-state index contributed by atoms with van der Waals surface area (Å²) in [5.41, 5.74) is 1.54. The minimum atomic E-state index is 0.762. The van der Waals surface area contributed by atoms with Gasteiger partial charge in [0.15, 0.2) is 0 Å². The van der Waals surface area contributed by atoms with Crippen LogP contribution < -0.4 is 0 Å². The first-order chi connectivity index (χ1) is 8.79. The summed E-state index contributed by atoms with van der Waals surface area (Å²) in [6, 6.07) is 11.1. The molecule has 0 spiro atoms. The van der Waals surface area contributed by atoms with Gasteiger partial charge in [-0.2, -0.15) is 0 Å². The molecule has 0 aliphatic heterocycles. The van der Waals surface area contributed by atoms with Gasteiger partial charge in [0, 0.05) is 0 Å². The largest absolute Gasteiger partial charge is 0.0654 e. The lowest BCUT2D eigenvalue weighted by molar-refractivity contribution is 0.405. The summed E-state index contributed by atoms with van der Waals surface area (Å²) in [5.74, 6) is 1.57. The molecule has 0 nitrogen and oxygen atoms in total. The van der Waals surface area contributed by atoms with Crippen LogP contribution >= 0.6 is 0 Å². The Balaban J connectivity index is 2.47. The molecular formula is C18H30. The molecule has 102 valence electrons. The van der Waals surface area contributed by atoms with Gasteiger partial charge >= 0.3 is 0 Å². The predicted octanol–water partition coefficient (Wildman–Crippen LogP) is 6.18. The van der Waals surface area contributed by atoms with Crippen molar-refractivity contribution in [3.8, 4) is 0 Å². The molecule has 1 rings (SSSR count). The van der Waals surface area contributed by atoms with E-state index in [4.69, 9.17) is 0 Å². The first-order valence-electron chi connectivity index (χ1n) is 7.84. The Hall–Kier alpha value is -0.780. The van der Waals surface area contributed by atoms with Gasteiger partial charge in [-0.05, 0) is 23.8 Å². The topological polar surface area (TPSA) is 0 Å². The maximum absolute atomic E-state index is 2.41. The third kappa shape index (κ3) is 5.25. The lowest BCUT2D eigenvalue weighted by Gasteiger charge is -2.23. The molecule has 0 N–H and O–H groups in total. The van der Waals surface area contributed by atoms with Gasteiger partial charge in [-0.1, -0.05) is 89.6 Å². The van der Waals surface area contributed by atoms with Crippen LogP contribution in [0.4, 0.5) is 0 Å². The number of hydrogen-bond donors (Lipinski definition) is 0. The number of hydrogen-bond acceptors (Lipinski definition) is 0. The third-order valence-electron chi connectivity index (χ3n) is 4.18. The smallest absolute Gasteiger partial charge is 0.0136 e. The van der Waals surface area contributed by atoms with Crippen molar-refractivity contribution < 1.29 is 0 Å². The van der Waals surface area contributed by atoms with E-state index in [1.54, 1.807) is 5.56 Å². The lowest BCUT2D eigenvalue weighted by Crippen LogP contribution is -2.09. The second-order valence-electron chi connectivity index (χ2n) is 5.61. The fourth-order valence-corrected chi connectivity index (χ4v) is 2.73. The highest BCUT2D eigenvalue weighted by atomic mass is 14.2. The summed E-state index contributed by atoms with van der Waals surface area (Å²) >= 11 is 0. The average Bonchev–Trinajstić information content (AvgIpc) is 2.43. The molecule has 0 bridgehead atoms. The molecule has 0 aliphatic carbocycles. The van der Waals surface area contributed by atoms with Gasteiger partial charge in [0.1, 0.15) is 0 Å². The van der Waals surface area contributed by atoms with E-state index in [0.29, 0.717) is 0 Å². The highest BCUT2D eigenvalue weighted by Gasteiger charge is 2.17. The zero-order chi connectivity index (χ0) is 13.2. The lowest BCUT2D eigenvalue weighted by atomic mass is 9.82. The zero-order valence-corrected chi connectivity index (χ0v) is 12.5. The predicted molar refractivity (Wildman–Crippen MR) is 82.0 cm³/mol. The molecule has 0 fully saturated rings. The van der Waals surface area contributed by atoms with Crippen LogP contribution in [0.25, 0.3) is 0 Å². The highest BCUT2D eigenvalue weighted by Crippen LogP contribution is 2.31. The maximum Gasteiger partial charge on any atom is -0.0136 e. The number of benzene rings is 1. The van der Waals surface area contributed by atoms with Crippen LogP contribution in [0, 0.1) is 5.92 Å². The summed E-state index contributed by atoms with van der Waals surface area (Å²) in [6.45, 7) is 7.01. The number of unbranched alkanes of at least 4 members (excludes halogenated alkanes) is 4. The van der Waals surface area contributed by atoms with E-state index in [2.05, 4.69) is 51.1 Å². The molecule has 1 aromatic carbocycles. The molecule has 18 heavy (non-hydrogen) atoms. The van der Waals surface area contributed by atoms with E-state index in [9.17, 15) is 0 Å². The van der Waals surface area contributed by atoms with Crippen LogP contribution in [0.1, 0.15) is 77.2 Å². The Labute approximate surface area is 114 Å². The summed E-state index contributed by atoms with van der Waals surface area (Å²) in [6.07, 6.45) is 9.61. The second-order valence-corrected chi connectivity index (χ2v) is 5.61. The number of rotatable bonds is 9. The summed E-state index contributed by atoms with van der Waals surface area (Å²) in [5, 5.41) is 0. The normalized spacial score (nSPS) is 14.4. The molecule has 2 atom stereocenters. The van der Waals surface area contributed by atoms with Gasteiger partial charge in [-0.15, -0.1) is 0 Å². The van der Waals surface area contributed by atoms with Crippen molar-refractivity contribution in [2.24, 2.45) is 5.92 Å². The summed E-state index contributed by atoms with van der Waals surface area (Å²) in [4.78, 5) is 0. The van der Waals surface area contributed by atoms with Crippen LogP contribution in [-0.2, 0) is 0 Å². The first kappa shape index (κ1) is 15.3. The molecule has 0 saturated carbocycles. The van der Waals surface area contributed by atoms with Crippen LogP contribution in [0.3, 0.4) is 0 Å². The van der Waals surface area contributed by atoms with E-state index in [0.717, 1.165) is 11.8 Å². The van der Waals surface area contributed by atoms with Gasteiger partial charge in [-0.3, -0.25) is 0 Å². The summed E-state index contributed by atoms with van der Waals surface area (Å²) < 4.78 is 0. The SMILES string of the molecule is CCCCCCCC(c1ccccc1)C(C)CC. The standard InChI is InChI=1S/C18H30/c1-4-6-7-8-12-15-18(16(3)5-2)17-13-10-9-11-14-17/h9-11,13-14,16,18H,4-8,12,15H2,1-3H3. The first-order valence-corrected chi connectivity index (χ1v) is 7.84. The van der Waals surface area contributed by atoms with Gasteiger partial charge in [-0.25, -0.2) is 0 Å². The Morgan fingerprint density at radius 2 is 1.56 bits per heavy atom. The van der Waals surface area contributed by atoms with Crippen LogP contribution in [0.2, 0.25) is 0 Å². The van der Waals surface area contributed by atoms with Crippen molar-refractivity contribution in [1.82, 2.24) is 0 Å². The zero-order valence-electron chi connectivity index (χ0n) is 12.5. The molecule has 2 unspecified atom stereocenters. The average molecular weight is 246 g/mol. The Morgan fingerprint density at radius 1 is 0.889 bits per heavy atom. The van der Waals surface area contributed by atoms with Crippen molar-refractivity contribution in [3.63, 3.8) is 0 Å². The van der Waals surface area contributed by atoms with E-state index < -0.39 is 0 Å².